The summed E-state index contributed by atoms with van der Waals surface area (Å²) in [6.07, 6.45) is 0. The molecule has 0 bridgehead atoms. The minimum Gasteiger partial charge on any atom is -0.497 e. The number of halogens is 1. The molecule has 2 aromatic rings. The van der Waals surface area contributed by atoms with Crippen molar-refractivity contribution in [1.82, 2.24) is 0 Å². The lowest BCUT2D eigenvalue weighted by atomic mass is 10.00. The Balaban J connectivity index is 2.08. The number of methoxy groups -OCH3 is 1. The van der Waals surface area contributed by atoms with Crippen molar-refractivity contribution in [2.75, 3.05) is 13.7 Å². The predicted octanol–water partition coefficient (Wildman–Crippen LogP) is 2.35. The van der Waals surface area contributed by atoms with Crippen LogP contribution in [-0.4, -0.2) is 43.6 Å². The molecule has 0 radical (unpaired) electrons. The minimum absolute atomic E-state index is 0.0259. The number of carboxylic acids is 1. The number of sulfone groups is 1. The van der Waals surface area contributed by atoms with Crippen LogP contribution in [0.5, 0.6) is 5.75 Å². The van der Waals surface area contributed by atoms with Crippen LogP contribution in [0.15, 0.2) is 53.4 Å². The summed E-state index contributed by atoms with van der Waals surface area (Å²) in [5.74, 6) is -1.64. The molecule has 0 aromatic heterocycles. The molecule has 138 valence electrons. The van der Waals surface area contributed by atoms with Gasteiger partial charge in [0.15, 0.2) is 9.84 Å². The van der Waals surface area contributed by atoms with Crippen LogP contribution >= 0.6 is 11.6 Å². The van der Waals surface area contributed by atoms with Gasteiger partial charge in [0.05, 0.1) is 23.9 Å². The standard InChI is InChI=1S/C18H17ClO6S/c1-25-13-6-2-11(3-7-13)15-16(18(15,10-20)17(21)22)26(23,24)14-8-4-12(19)5-9-14/h2-9,15-16,20H,10H2,1H3,(H,21,22)/t15-,16+,18-/m1/s1. The van der Waals surface area contributed by atoms with E-state index >= 15 is 0 Å². The van der Waals surface area contributed by atoms with Crippen LogP contribution in [0.2, 0.25) is 5.02 Å². The van der Waals surface area contributed by atoms with Crippen LogP contribution in [0, 0.1) is 5.41 Å². The molecule has 0 saturated heterocycles. The van der Waals surface area contributed by atoms with Gasteiger partial charge >= 0.3 is 5.97 Å². The van der Waals surface area contributed by atoms with Crippen molar-refractivity contribution in [3.8, 4) is 5.75 Å². The lowest BCUT2D eigenvalue weighted by molar-refractivity contribution is -0.145. The molecule has 2 N–H and O–H groups in total. The van der Waals surface area contributed by atoms with E-state index in [1.807, 2.05) is 0 Å². The van der Waals surface area contributed by atoms with Gasteiger partial charge in [0.1, 0.15) is 11.2 Å². The zero-order valence-electron chi connectivity index (χ0n) is 13.8. The van der Waals surface area contributed by atoms with Gasteiger partial charge in [-0.15, -0.1) is 0 Å². The molecule has 1 aliphatic carbocycles. The van der Waals surface area contributed by atoms with E-state index < -0.39 is 39.0 Å². The molecule has 1 saturated carbocycles. The third-order valence-electron chi connectivity index (χ3n) is 4.87. The zero-order chi connectivity index (χ0) is 19.1. The van der Waals surface area contributed by atoms with Gasteiger partial charge < -0.3 is 14.9 Å². The van der Waals surface area contributed by atoms with Crippen LogP contribution in [-0.2, 0) is 14.6 Å². The summed E-state index contributed by atoms with van der Waals surface area (Å²) in [4.78, 5) is 11.9. The third-order valence-corrected chi connectivity index (χ3v) is 7.41. The molecule has 0 heterocycles. The SMILES string of the molecule is COc1ccc([C@@H]2[C@H](S(=O)(=O)c3ccc(Cl)cc3)[C@]2(CO)C(=O)O)cc1. The summed E-state index contributed by atoms with van der Waals surface area (Å²) in [6.45, 7) is -0.781. The van der Waals surface area contributed by atoms with Crippen LogP contribution in [0.25, 0.3) is 0 Å². The van der Waals surface area contributed by atoms with Crippen LogP contribution < -0.4 is 4.74 Å². The van der Waals surface area contributed by atoms with Crippen LogP contribution in [0.1, 0.15) is 11.5 Å². The Bertz CT molecular complexity index is 923. The fourth-order valence-electron chi connectivity index (χ4n) is 3.43. The molecule has 3 rings (SSSR count). The molecule has 3 atom stereocenters. The Morgan fingerprint density at radius 1 is 1.15 bits per heavy atom. The highest BCUT2D eigenvalue weighted by molar-refractivity contribution is 7.92. The van der Waals surface area contributed by atoms with Crippen LogP contribution in [0.4, 0.5) is 0 Å². The maximum Gasteiger partial charge on any atom is 0.314 e. The largest absolute Gasteiger partial charge is 0.497 e. The van der Waals surface area contributed by atoms with Gasteiger partial charge in [0, 0.05) is 10.9 Å². The van der Waals surface area contributed by atoms with Gasteiger partial charge in [0.2, 0.25) is 0 Å². The number of carbonyl (C=O) groups is 1. The predicted molar refractivity (Wildman–Crippen MR) is 95.3 cm³/mol. The monoisotopic (exact) mass is 396 g/mol. The van der Waals surface area contributed by atoms with E-state index in [0.29, 0.717) is 16.3 Å². The fourth-order valence-corrected chi connectivity index (χ4v) is 5.92. The van der Waals surface area contributed by atoms with E-state index in [0.717, 1.165) is 0 Å². The molecule has 0 spiro atoms. The Morgan fingerprint density at radius 2 is 1.73 bits per heavy atom. The summed E-state index contributed by atoms with van der Waals surface area (Å²) < 4.78 is 31.2. The molecular formula is C18H17ClO6S. The Kier molecular flexibility index (Phi) is 4.72. The topological polar surface area (TPSA) is 101 Å². The Morgan fingerprint density at radius 3 is 2.19 bits per heavy atom. The third kappa shape index (κ3) is 2.76. The lowest BCUT2D eigenvalue weighted by Gasteiger charge is -2.09. The zero-order valence-corrected chi connectivity index (χ0v) is 15.4. The number of aliphatic hydroxyl groups excluding tert-OH is 1. The van der Waals surface area contributed by atoms with E-state index in [1.54, 1.807) is 24.3 Å². The van der Waals surface area contributed by atoms with Gasteiger partial charge in [0.25, 0.3) is 0 Å². The number of ether oxygens (including phenoxy) is 1. The quantitative estimate of drug-likeness (QED) is 0.777. The number of hydrogen-bond donors (Lipinski definition) is 2. The molecule has 8 heteroatoms. The second-order valence-corrected chi connectivity index (χ2v) is 8.68. The first-order valence-electron chi connectivity index (χ1n) is 7.76. The molecule has 1 aliphatic rings. The molecule has 26 heavy (non-hydrogen) atoms. The first-order valence-corrected chi connectivity index (χ1v) is 9.69. The van der Waals surface area contributed by atoms with E-state index in [-0.39, 0.29) is 4.90 Å². The number of hydrogen-bond acceptors (Lipinski definition) is 5. The smallest absolute Gasteiger partial charge is 0.314 e. The first kappa shape index (κ1) is 18.7. The first-order chi connectivity index (χ1) is 12.3. The molecule has 6 nitrogen and oxygen atoms in total. The van der Waals surface area contributed by atoms with Gasteiger partial charge in [-0.2, -0.15) is 0 Å². The number of rotatable bonds is 6. The maximum absolute atomic E-state index is 13.0. The normalized spacial score (nSPS) is 24.9. The van der Waals surface area contributed by atoms with Gasteiger partial charge in [-0.05, 0) is 42.0 Å². The number of aliphatic hydroxyl groups is 1. The number of carboxylic acid groups (broad SMARTS) is 1. The molecule has 2 aromatic carbocycles. The summed E-state index contributed by atoms with van der Waals surface area (Å²) in [5.41, 5.74) is -1.27. The molecule has 0 amide bonds. The van der Waals surface area contributed by atoms with E-state index in [4.69, 9.17) is 16.3 Å². The second-order valence-electron chi connectivity index (χ2n) is 6.17. The second kappa shape index (κ2) is 6.57. The van der Waals surface area contributed by atoms with Crippen molar-refractivity contribution < 1.29 is 28.2 Å². The van der Waals surface area contributed by atoms with Gasteiger partial charge in [-0.1, -0.05) is 23.7 Å². The summed E-state index contributed by atoms with van der Waals surface area (Å²) in [5, 5.41) is 18.6. The molecule has 0 unspecified atom stereocenters. The van der Waals surface area contributed by atoms with Crippen molar-refractivity contribution in [2.24, 2.45) is 5.41 Å². The highest BCUT2D eigenvalue weighted by Crippen LogP contribution is 2.64. The van der Waals surface area contributed by atoms with Crippen molar-refractivity contribution >= 4 is 27.4 Å². The van der Waals surface area contributed by atoms with Gasteiger partial charge in [-0.25, -0.2) is 8.42 Å². The minimum atomic E-state index is -3.99. The number of aliphatic carboxylic acids is 1. The van der Waals surface area contributed by atoms with Crippen molar-refractivity contribution in [3.63, 3.8) is 0 Å². The fraction of sp³-hybridized carbons (Fsp3) is 0.278. The van der Waals surface area contributed by atoms with E-state index in [9.17, 15) is 23.4 Å². The van der Waals surface area contributed by atoms with Gasteiger partial charge in [-0.3, -0.25) is 4.79 Å². The summed E-state index contributed by atoms with van der Waals surface area (Å²) >= 11 is 5.80. The van der Waals surface area contributed by atoms with Crippen molar-refractivity contribution in [3.05, 3.63) is 59.1 Å². The van der Waals surface area contributed by atoms with Crippen molar-refractivity contribution in [1.29, 1.82) is 0 Å². The van der Waals surface area contributed by atoms with Crippen LogP contribution in [0.3, 0.4) is 0 Å². The highest BCUT2D eigenvalue weighted by Gasteiger charge is 2.75. The average molecular weight is 397 g/mol. The lowest BCUT2D eigenvalue weighted by Crippen LogP contribution is -2.27. The average Bonchev–Trinajstić information content (AvgIpc) is 3.34. The molecular weight excluding hydrogens is 380 g/mol. The van der Waals surface area contributed by atoms with E-state index in [1.165, 1.54) is 31.4 Å². The highest BCUT2D eigenvalue weighted by atomic mass is 35.5. The van der Waals surface area contributed by atoms with Crippen molar-refractivity contribution in [2.45, 2.75) is 16.1 Å². The molecule has 0 aliphatic heterocycles. The Labute approximate surface area is 155 Å². The summed E-state index contributed by atoms with van der Waals surface area (Å²) in [7, 11) is -2.50. The molecule has 1 fully saturated rings. The number of benzene rings is 2. The van der Waals surface area contributed by atoms with E-state index in [2.05, 4.69) is 0 Å². The Hall–Kier alpha value is -2.09. The maximum atomic E-state index is 13.0. The summed E-state index contributed by atoms with van der Waals surface area (Å²) in [6, 6.07) is 12.0.